The average molecular weight is 419 g/mol. The number of aromatic nitrogens is 1. The van der Waals surface area contributed by atoms with Crippen LogP contribution < -0.4 is 10.6 Å². The number of nitrogens with one attached hydrogen (secondary N) is 2. The number of carbonyl (C=O) groups excluding carboxylic acids is 2. The fourth-order valence-corrected chi connectivity index (χ4v) is 3.89. The molecule has 0 unspecified atom stereocenters. The van der Waals surface area contributed by atoms with Gasteiger partial charge in [-0.3, -0.25) is 14.6 Å². The van der Waals surface area contributed by atoms with Crippen LogP contribution in [0.5, 0.6) is 0 Å². The summed E-state index contributed by atoms with van der Waals surface area (Å²) in [5.41, 5.74) is 1.06. The maximum atomic E-state index is 12.8. The normalized spacial score (nSPS) is 21.4. The number of amides is 3. The Morgan fingerprint density at radius 3 is 2.59 bits per heavy atom. The molecular formula is C20H23ClN4O4. The summed E-state index contributed by atoms with van der Waals surface area (Å²) in [7, 11) is 3.35. The van der Waals surface area contributed by atoms with Gasteiger partial charge in [0.15, 0.2) is 0 Å². The number of carboxylic acid groups (broad SMARTS) is 1. The predicted octanol–water partition coefficient (Wildman–Crippen LogP) is 2.51. The molecule has 1 aliphatic carbocycles. The van der Waals surface area contributed by atoms with Crippen LogP contribution in [0.25, 0.3) is 10.9 Å². The molecule has 1 aliphatic rings. The summed E-state index contributed by atoms with van der Waals surface area (Å²) in [6.07, 6.45) is 1.69. The first-order valence-electron chi connectivity index (χ1n) is 9.31. The molecule has 3 amide bonds. The van der Waals surface area contributed by atoms with Crippen molar-refractivity contribution in [1.82, 2.24) is 20.5 Å². The van der Waals surface area contributed by atoms with Gasteiger partial charge in [0, 0.05) is 42.7 Å². The summed E-state index contributed by atoms with van der Waals surface area (Å²) >= 11 is 5.96. The molecule has 8 nitrogen and oxygen atoms in total. The first kappa shape index (κ1) is 20.9. The third-order valence-electron chi connectivity index (χ3n) is 5.17. The van der Waals surface area contributed by atoms with Crippen LogP contribution in [0.4, 0.5) is 4.79 Å². The van der Waals surface area contributed by atoms with Crippen molar-refractivity contribution < 1.29 is 19.5 Å². The Morgan fingerprint density at radius 2 is 1.90 bits per heavy atom. The van der Waals surface area contributed by atoms with E-state index in [1.807, 2.05) is 0 Å². The summed E-state index contributed by atoms with van der Waals surface area (Å²) in [6, 6.07) is 5.98. The van der Waals surface area contributed by atoms with Gasteiger partial charge < -0.3 is 20.6 Å². The van der Waals surface area contributed by atoms with Crippen LogP contribution in [0.2, 0.25) is 5.02 Å². The maximum absolute atomic E-state index is 12.8. The van der Waals surface area contributed by atoms with E-state index >= 15 is 0 Å². The molecule has 2 aromatic rings. The third kappa shape index (κ3) is 4.95. The average Bonchev–Trinajstić information content (AvgIpc) is 2.67. The van der Waals surface area contributed by atoms with Crippen molar-refractivity contribution in [2.75, 3.05) is 14.1 Å². The van der Waals surface area contributed by atoms with Crippen molar-refractivity contribution >= 4 is 40.4 Å². The summed E-state index contributed by atoms with van der Waals surface area (Å²) in [6.45, 7) is 0. The largest absolute Gasteiger partial charge is 0.465 e. The minimum absolute atomic E-state index is 0.0376. The van der Waals surface area contributed by atoms with Gasteiger partial charge in [0.25, 0.3) is 5.91 Å². The fraction of sp³-hybridized carbons (Fsp3) is 0.400. The van der Waals surface area contributed by atoms with Gasteiger partial charge in [-0.05, 0) is 37.5 Å². The van der Waals surface area contributed by atoms with E-state index in [1.165, 1.54) is 11.1 Å². The molecule has 1 fully saturated rings. The van der Waals surface area contributed by atoms with E-state index in [9.17, 15) is 14.4 Å². The summed E-state index contributed by atoms with van der Waals surface area (Å²) in [5.74, 6) is -0.652. The number of rotatable bonds is 4. The standard InChI is InChI=1S/C20H23ClN4O4/c1-25(2)19(27)12-4-6-15(17(8-12)24-20(28)29)23-18(26)13-7-11-3-5-14(21)9-16(11)22-10-13/h3,5,7,9-10,12,15,17,24H,4,6,8H2,1-2H3,(H,23,26)(H,28,29)/t12-,15-,17+/m0/s1. The number of pyridine rings is 1. The van der Waals surface area contributed by atoms with E-state index in [-0.39, 0.29) is 17.7 Å². The highest BCUT2D eigenvalue weighted by Gasteiger charge is 2.36. The second-order valence-electron chi connectivity index (χ2n) is 7.44. The van der Waals surface area contributed by atoms with E-state index in [2.05, 4.69) is 15.6 Å². The third-order valence-corrected chi connectivity index (χ3v) is 5.41. The summed E-state index contributed by atoms with van der Waals surface area (Å²) in [4.78, 5) is 42.0. The Labute approximate surface area is 173 Å². The van der Waals surface area contributed by atoms with E-state index in [0.29, 0.717) is 35.4 Å². The highest BCUT2D eigenvalue weighted by molar-refractivity contribution is 6.31. The molecule has 0 aliphatic heterocycles. The second kappa shape index (κ2) is 8.65. The van der Waals surface area contributed by atoms with E-state index in [0.717, 1.165) is 5.39 Å². The molecule has 1 aromatic carbocycles. The molecule has 9 heteroatoms. The van der Waals surface area contributed by atoms with Gasteiger partial charge in [-0.15, -0.1) is 0 Å². The number of hydrogen-bond acceptors (Lipinski definition) is 4. The second-order valence-corrected chi connectivity index (χ2v) is 7.88. The molecule has 3 N–H and O–H groups in total. The molecule has 1 saturated carbocycles. The van der Waals surface area contributed by atoms with Crippen molar-refractivity contribution in [3.63, 3.8) is 0 Å². The van der Waals surface area contributed by atoms with Crippen LogP contribution >= 0.6 is 11.6 Å². The van der Waals surface area contributed by atoms with E-state index in [4.69, 9.17) is 16.7 Å². The maximum Gasteiger partial charge on any atom is 0.404 e. The molecule has 0 bridgehead atoms. The molecule has 3 rings (SSSR count). The van der Waals surface area contributed by atoms with Crippen molar-refractivity contribution in [2.45, 2.75) is 31.3 Å². The number of fused-ring (bicyclic) bond motifs is 1. The fourth-order valence-electron chi connectivity index (χ4n) is 3.72. The molecule has 1 aromatic heterocycles. The molecule has 29 heavy (non-hydrogen) atoms. The van der Waals surface area contributed by atoms with Crippen molar-refractivity contribution in [3.05, 3.63) is 41.0 Å². The van der Waals surface area contributed by atoms with Crippen molar-refractivity contribution in [1.29, 1.82) is 0 Å². The van der Waals surface area contributed by atoms with Crippen LogP contribution in [0.3, 0.4) is 0 Å². The van der Waals surface area contributed by atoms with Crippen LogP contribution in [0.1, 0.15) is 29.6 Å². The summed E-state index contributed by atoms with van der Waals surface area (Å²) in [5, 5.41) is 15.9. The van der Waals surface area contributed by atoms with E-state index in [1.54, 1.807) is 38.4 Å². The number of benzene rings is 1. The molecule has 3 atom stereocenters. The first-order chi connectivity index (χ1) is 13.7. The van der Waals surface area contributed by atoms with Crippen LogP contribution in [0, 0.1) is 5.92 Å². The smallest absolute Gasteiger partial charge is 0.404 e. The Kier molecular flexibility index (Phi) is 6.22. The SMILES string of the molecule is CN(C)C(=O)[C@H]1CC[C@H](NC(=O)c2cnc3cc(Cl)ccc3c2)[C@H](NC(=O)O)C1. The quantitative estimate of drug-likeness (QED) is 0.706. The number of carbonyl (C=O) groups is 3. The van der Waals surface area contributed by atoms with Gasteiger partial charge in [0.1, 0.15) is 0 Å². The zero-order chi connectivity index (χ0) is 21.1. The number of hydrogen-bond donors (Lipinski definition) is 3. The molecule has 0 spiro atoms. The van der Waals surface area contributed by atoms with Crippen molar-refractivity contribution in [3.8, 4) is 0 Å². The van der Waals surface area contributed by atoms with E-state index < -0.39 is 18.2 Å². The highest BCUT2D eigenvalue weighted by Crippen LogP contribution is 2.27. The lowest BCUT2D eigenvalue weighted by molar-refractivity contribution is -0.134. The minimum atomic E-state index is -1.18. The highest BCUT2D eigenvalue weighted by atomic mass is 35.5. The van der Waals surface area contributed by atoms with Gasteiger partial charge in [0.05, 0.1) is 17.1 Å². The molecule has 154 valence electrons. The van der Waals surface area contributed by atoms with Gasteiger partial charge in [-0.2, -0.15) is 0 Å². The number of halogens is 1. The Bertz CT molecular complexity index is 949. The Morgan fingerprint density at radius 1 is 1.14 bits per heavy atom. The monoisotopic (exact) mass is 418 g/mol. The minimum Gasteiger partial charge on any atom is -0.465 e. The van der Waals surface area contributed by atoms with Gasteiger partial charge >= 0.3 is 6.09 Å². The molecule has 0 radical (unpaired) electrons. The molecule has 0 saturated heterocycles. The lowest BCUT2D eigenvalue weighted by atomic mass is 9.81. The Balaban J connectivity index is 1.74. The topological polar surface area (TPSA) is 112 Å². The number of nitrogens with zero attached hydrogens (tertiary/aromatic N) is 2. The zero-order valence-electron chi connectivity index (χ0n) is 16.2. The molecule has 1 heterocycles. The molecular weight excluding hydrogens is 396 g/mol. The summed E-state index contributed by atoms with van der Waals surface area (Å²) < 4.78 is 0. The predicted molar refractivity (Wildman–Crippen MR) is 109 cm³/mol. The van der Waals surface area contributed by atoms with Gasteiger partial charge in [-0.25, -0.2) is 4.79 Å². The lowest BCUT2D eigenvalue weighted by Gasteiger charge is -2.36. The zero-order valence-corrected chi connectivity index (χ0v) is 16.9. The van der Waals surface area contributed by atoms with Gasteiger partial charge in [-0.1, -0.05) is 17.7 Å². The van der Waals surface area contributed by atoms with Crippen molar-refractivity contribution in [2.24, 2.45) is 5.92 Å². The lowest BCUT2D eigenvalue weighted by Crippen LogP contribution is -2.55. The van der Waals surface area contributed by atoms with Crippen LogP contribution in [-0.2, 0) is 4.79 Å². The van der Waals surface area contributed by atoms with Crippen LogP contribution in [0.15, 0.2) is 30.5 Å². The Hall–Kier alpha value is -2.87. The van der Waals surface area contributed by atoms with Gasteiger partial charge in [0.2, 0.25) is 5.91 Å². The first-order valence-corrected chi connectivity index (χ1v) is 9.69. The van der Waals surface area contributed by atoms with Crippen LogP contribution in [-0.4, -0.2) is 59.1 Å².